The quantitative estimate of drug-likeness (QED) is 0.695. The fourth-order valence-corrected chi connectivity index (χ4v) is 2.87. The topological polar surface area (TPSA) is 63.8 Å². The number of unbranched alkanes of at least 4 members (excludes halogenated alkanes) is 1. The number of carbonyl (C=O) groups is 1. The van der Waals surface area contributed by atoms with Crippen LogP contribution in [0.2, 0.25) is 0 Å². The van der Waals surface area contributed by atoms with Crippen LogP contribution in [0.5, 0.6) is 5.75 Å². The molecule has 0 bridgehead atoms. The number of fused-ring (bicyclic) bond motifs is 1. The summed E-state index contributed by atoms with van der Waals surface area (Å²) in [6.45, 7) is 6.48. The molecule has 2 aromatic rings. The number of rotatable bonds is 9. The molecule has 0 aliphatic rings. The summed E-state index contributed by atoms with van der Waals surface area (Å²) in [5.74, 6) is 0.725. The van der Waals surface area contributed by atoms with Gasteiger partial charge >= 0.3 is 0 Å². The van der Waals surface area contributed by atoms with Gasteiger partial charge in [-0.3, -0.25) is 9.20 Å². The molecule has 1 atom stereocenters. The molecule has 0 unspecified atom stereocenters. The van der Waals surface area contributed by atoms with Gasteiger partial charge in [0.2, 0.25) is 0 Å². The van der Waals surface area contributed by atoms with Crippen molar-refractivity contribution in [2.75, 3.05) is 13.2 Å². The van der Waals surface area contributed by atoms with Gasteiger partial charge in [-0.05, 0) is 38.3 Å². The molecule has 6 heteroatoms. The first kappa shape index (κ1) is 20.5. The van der Waals surface area contributed by atoms with Crippen molar-refractivity contribution in [3.8, 4) is 5.75 Å². The second kappa shape index (κ2) is 9.64. The number of Topliss-reactive ketones (excluding diaryl/α,β-unsaturated/α-hetero) is 1. The number of pyridine rings is 1. The van der Waals surface area contributed by atoms with E-state index in [-0.39, 0.29) is 30.7 Å². The number of aliphatic hydroxyl groups is 1. The van der Waals surface area contributed by atoms with Gasteiger partial charge in [0.15, 0.2) is 17.2 Å². The standard InChI is InChI=1S/C18H26N2O3.ClH/c1-4-6-8-14(12-21)11-15(22)17-13(3)19-18-16(23-5-2)9-7-10-20(17)18;/h7,9-10,14,21H,4-6,8,11-12H2,1-3H3;1H/t14-;/m0./s1. The number of hydrogen-bond donors (Lipinski definition) is 1. The third-order valence-corrected chi connectivity index (χ3v) is 4.05. The molecule has 5 nitrogen and oxygen atoms in total. The molecule has 0 spiro atoms. The van der Waals surface area contributed by atoms with Gasteiger partial charge in [-0.1, -0.05) is 19.8 Å². The lowest BCUT2D eigenvalue weighted by Gasteiger charge is -2.13. The molecule has 134 valence electrons. The fraction of sp³-hybridized carbons (Fsp3) is 0.556. The number of nitrogens with zero attached hydrogens (tertiary/aromatic N) is 2. The zero-order valence-corrected chi connectivity index (χ0v) is 15.4. The Hall–Kier alpha value is -1.59. The second-order valence-corrected chi connectivity index (χ2v) is 5.86. The van der Waals surface area contributed by atoms with Gasteiger partial charge in [0.05, 0.1) is 12.3 Å². The molecule has 0 saturated heterocycles. The zero-order valence-electron chi connectivity index (χ0n) is 14.6. The van der Waals surface area contributed by atoms with Crippen LogP contribution in [0.25, 0.3) is 5.65 Å². The van der Waals surface area contributed by atoms with Crippen molar-refractivity contribution in [1.82, 2.24) is 9.38 Å². The van der Waals surface area contributed by atoms with Crippen LogP contribution in [0.1, 0.15) is 55.7 Å². The number of aryl methyl sites for hydroxylation is 1. The summed E-state index contributed by atoms with van der Waals surface area (Å²) in [5, 5.41) is 9.50. The van der Waals surface area contributed by atoms with Crippen LogP contribution < -0.4 is 4.74 Å². The van der Waals surface area contributed by atoms with Crippen LogP contribution in [0.4, 0.5) is 0 Å². The molecular formula is C18H27ClN2O3. The SMILES string of the molecule is CCCC[C@H](CO)CC(=O)c1c(C)nc2c(OCC)cccn12.Cl. The highest BCUT2D eigenvalue weighted by atomic mass is 35.5. The Morgan fingerprint density at radius 2 is 2.17 bits per heavy atom. The lowest BCUT2D eigenvalue weighted by Crippen LogP contribution is -2.15. The minimum absolute atomic E-state index is 0. The van der Waals surface area contributed by atoms with Crippen molar-refractivity contribution in [3.05, 3.63) is 29.7 Å². The predicted octanol–water partition coefficient (Wildman–Crippen LogP) is 3.83. The molecule has 0 aliphatic heterocycles. The highest BCUT2D eigenvalue weighted by Gasteiger charge is 2.21. The normalized spacial score (nSPS) is 12.0. The van der Waals surface area contributed by atoms with Gasteiger partial charge in [0.25, 0.3) is 0 Å². The molecule has 0 saturated carbocycles. The van der Waals surface area contributed by atoms with Crippen LogP contribution in [0, 0.1) is 12.8 Å². The van der Waals surface area contributed by atoms with Crippen molar-refractivity contribution < 1.29 is 14.6 Å². The Bertz CT molecular complexity index is 670. The minimum atomic E-state index is 0. The summed E-state index contributed by atoms with van der Waals surface area (Å²) in [6.07, 6.45) is 5.16. The largest absolute Gasteiger partial charge is 0.490 e. The summed E-state index contributed by atoms with van der Waals surface area (Å²) in [7, 11) is 0. The maximum Gasteiger partial charge on any atom is 0.181 e. The van der Waals surface area contributed by atoms with E-state index in [0.717, 1.165) is 19.3 Å². The average molecular weight is 355 g/mol. The smallest absolute Gasteiger partial charge is 0.181 e. The number of aromatic nitrogens is 2. The summed E-state index contributed by atoms with van der Waals surface area (Å²) < 4.78 is 7.39. The minimum Gasteiger partial charge on any atom is -0.490 e. The van der Waals surface area contributed by atoms with Crippen molar-refractivity contribution in [2.24, 2.45) is 5.92 Å². The highest BCUT2D eigenvalue weighted by Crippen LogP contribution is 2.24. The van der Waals surface area contributed by atoms with Crippen LogP contribution in [0.3, 0.4) is 0 Å². The molecule has 0 aromatic carbocycles. The van der Waals surface area contributed by atoms with Crippen molar-refractivity contribution >= 4 is 23.8 Å². The number of imidazole rings is 1. The number of carbonyl (C=O) groups excluding carboxylic acids is 1. The predicted molar refractivity (Wildman–Crippen MR) is 97.4 cm³/mol. The molecule has 24 heavy (non-hydrogen) atoms. The van der Waals surface area contributed by atoms with E-state index in [1.807, 2.05) is 32.2 Å². The maximum absolute atomic E-state index is 12.7. The van der Waals surface area contributed by atoms with E-state index >= 15 is 0 Å². The number of ether oxygens (including phenoxy) is 1. The molecule has 0 fully saturated rings. The van der Waals surface area contributed by atoms with E-state index in [2.05, 4.69) is 11.9 Å². The molecule has 0 aliphatic carbocycles. The summed E-state index contributed by atoms with van der Waals surface area (Å²) >= 11 is 0. The van der Waals surface area contributed by atoms with E-state index in [9.17, 15) is 9.90 Å². The van der Waals surface area contributed by atoms with Gasteiger partial charge in [-0.25, -0.2) is 4.98 Å². The summed E-state index contributed by atoms with van der Waals surface area (Å²) in [5.41, 5.74) is 1.97. The first-order chi connectivity index (χ1) is 11.1. The van der Waals surface area contributed by atoms with Crippen LogP contribution in [-0.4, -0.2) is 33.5 Å². The van der Waals surface area contributed by atoms with E-state index < -0.39 is 0 Å². The lowest BCUT2D eigenvalue weighted by molar-refractivity contribution is 0.0923. The highest BCUT2D eigenvalue weighted by molar-refractivity contribution is 5.96. The van der Waals surface area contributed by atoms with Crippen LogP contribution in [0.15, 0.2) is 18.3 Å². The number of halogens is 1. The maximum atomic E-state index is 12.7. The van der Waals surface area contributed by atoms with E-state index in [4.69, 9.17) is 4.74 Å². The number of ketones is 1. The monoisotopic (exact) mass is 354 g/mol. The Labute approximate surface area is 149 Å². The summed E-state index contributed by atoms with van der Waals surface area (Å²) in [6, 6.07) is 3.72. The van der Waals surface area contributed by atoms with Gasteiger partial charge < -0.3 is 9.84 Å². The third kappa shape index (κ3) is 4.48. The molecule has 1 N–H and O–H groups in total. The van der Waals surface area contributed by atoms with Gasteiger partial charge in [0, 0.05) is 19.2 Å². The van der Waals surface area contributed by atoms with Gasteiger partial charge in [-0.15, -0.1) is 12.4 Å². The molecule has 2 heterocycles. The second-order valence-electron chi connectivity index (χ2n) is 5.86. The van der Waals surface area contributed by atoms with Gasteiger partial charge in [-0.2, -0.15) is 0 Å². The van der Waals surface area contributed by atoms with E-state index in [1.165, 1.54) is 0 Å². The third-order valence-electron chi connectivity index (χ3n) is 4.05. The van der Waals surface area contributed by atoms with Crippen molar-refractivity contribution in [3.63, 3.8) is 0 Å². The van der Waals surface area contributed by atoms with Crippen LogP contribution >= 0.6 is 12.4 Å². The first-order valence-corrected chi connectivity index (χ1v) is 8.36. The molecule has 0 radical (unpaired) electrons. The average Bonchev–Trinajstić information content (AvgIpc) is 2.88. The Balaban J connectivity index is 0.00000288. The Kier molecular flexibility index (Phi) is 8.22. The van der Waals surface area contributed by atoms with Crippen molar-refractivity contribution in [2.45, 2.75) is 46.5 Å². The summed E-state index contributed by atoms with van der Waals surface area (Å²) in [4.78, 5) is 17.2. The molecular weight excluding hydrogens is 328 g/mol. The molecule has 0 amide bonds. The van der Waals surface area contributed by atoms with Crippen LogP contribution in [-0.2, 0) is 0 Å². The van der Waals surface area contributed by atoms with E-state index in [1.54, 1.807) is 4.40 Å². The number of hydrogen-bond acceptors (Lipinski definition) is 4. The molecule has 2 rings (SSSR count). The Morgan fingerprint density at radius 3 is 2.79 bits per heavy atom. The van der Waals surface area contributed by atoms with Crippen molar-refractivity contribution in [1.29, 1.82) is 0 Å². The fourth-order valence-electron chi connectivity index (χ4n) is 2.87. The lowest BCUT2D eigenvalue weighted by atomic mass is 9.95. The zero-order chi connectivity index (χ0) is 16.8. The van der Waals surface area contributed by atoms with E-state index in [0.29, 0.717) is 35.8 Å². The molecule has 2 aromatic heterocycles. The number of aliphatic hydroxyl groups excluding tert-OH is 1. The Morgan fingerprint density at radius 1 is 1.42 bits per heavy atom. The first-order valence-electron chi connectivity index (χ1n) is 8.36. The van der Waals surface area contributed by atoms with Gasteiger partial charge in [0.1, 0.15) is 5.69 Å².